The minimum absolute atomic E-state index is 0.0543. The molecular weight excluding hydrogens is 414 g/mol. The van der Waals surface area contributed by atoms with E-state index in [4.69, 9.17) is 0 Å². The van der Waals surface area contributed by atoms with E-state index >= 15 is 0 Å². The van der Waals surface area contributed by atoms with E-state index in [2.05, 4.69) is 46.4 Å². The molecule has 2 aromatic rings. The molecule has 1 N–H and O–H groups in total. The van der Waals surface area contributed by atoms with Gasteiger partial charge in [0.1, 0.15) is 0 Å². The Morgan fingerprint density at radius 1 is 0.970 bits per heavy atom. The lowest BCUT2D eigenvalue weighted by molar-refractivity contribution is -0.141. The SMILES string of the molecule is Cc1ccccc1CN1CCN(C(=O)C2CN(C)CC3C(=O)N(c4ccccc4)NC23)CC1. The Balaban J connectivity index is 1.25. The number of rotatable bonds is 4. The number of nitrogens with zero attached hydrogens (tertiary/aromatic N) is 4. The molecule has 3 unspecified atom stereocenters. The molecule has 5 rings (SSSR count). The maximum absolute atomic E-state index is 13.6. The zero-order valence-electron chi connectivity index (χ0n) is 19.5. The smallest absolute Gasteiger partial charge is 0.247 e. The van der Waals surface area contributed by atoms with Crippen molar-refractivity contribution < 1.29 is 9.59 Å². The van der Waals surface area contributed by atoms with Crippen LogP contribution in [0, 0.1) is 18.8 Å². The lowest BCUT2D eigenvalue weighted by Gasteiger charge is -2.41. The molecule has 33 heavy (non-hydrogen) atoms. The number of benzene rings is 2. The molecule has 0 aromatic heterocycles. The number of nitrogens with one attached hydrogen (secondary N) is 1. The normalized spacial score (nSPS) is 26.5. The third kappa shape index (κ3) is 4.40. The summed E-state index contributed by atoms with van der Waals surface area (Å²) in [6.07, 6.45) is 0. The first-order valence-electron chi connectivity index (χ1n) is 11.9. The second-order valence-electron chi connectivity index (χ2n) is 9.63. The summed E-state index contributed by atoms with van der Waals surface area (Å²) in [5.41, 5.74) is 6.89. The number of para-hydroxylation sites is 1. The molecule has 3 fully saturated rings. The molecule has 0 aliphatic carbocycles. The fourth-order valence-electron chi connectivity index (χ4n) is 5.44. The monoisotopic (exact) mass is 447 g/mol. The van der Waals surface area contributed by atoms with Gasteiger partial charge in [0.25, 0.3) is 0 Å². The number of carbonyl (C=O) groups excluding carboxylic acids is 2. The molecule has 2 aromatic carbocycles. The van der Waals surface area contributed by atoms with Crippen molar-refractivity contribution in [2.45, 2.75) is 19.5 Å². The topological polar surface area (TPSA) is 59.1 Å². The fourth-order valence-corrected chi connectivity index (χ4v) is 5.44. The van der Waals surface area contributed by atoms with Crippen LogP contribution in [0.5, 0.6) is 0 Å². The molecule has 2 amide bonds. The Morgan fingerprint density at radius 2 is 1.67 bits per heavy atom. The van der Waals surface area contributed by atoms with E-state index in [-0.39, 0.29) is 29.7 Å². The van der Waals surface area contributed by atoms with Crippen molar-refractivity contribution >= 4 is 17.5 Å². The van der Waals surface area contributed by atoms with Crippen LogP contribution in [0.4, 0.5) is 5.69 Å². The van der Waals surface area contributed by atoms with Crippen molar-refractivity contribution in [2.75, 3.05) is 51.3 Å². The van der Waals surface area contributed by atoms with Crippen LogP contribution in [-0.4, -0.2) is 78.9 Å². The summed E-state index contributed by atoms with van der Waals surface area (Å²) < 4.78 is 0. The standard InChI is InChI=1S/C26H33N5O2/c1-19-8-6-7-9-20(19)16-29-12-14-30(15-13-29)25(32)22-17-28(2)18-23-24(22)27-31(26(23)33)21-10-4-3-5-11-21/h3-11,22-24,27H,12-18H2,1-2H3. The van der Waals surface area contributed by atoms with Crippen molar-refractivity contribution in [3.63, 3.8) is 0 Å². The molecule has 7 heteroatoms. The largest absolute Gasteiger partial charge is 0.340 e. The second kappa shape index (κ2) is 9.25. The predicted molar refractivity (Wildman–Crippen MR) is 128 cm³/mol. The average Bonchev–Trinajstić information content (AvgIpc) is 3.17. The van der Waals surface area contributed by atoms with Crippen LogP contribution >= 0.6 is 0 Å². The van der Waals surface area contributed by atoms with Crippen LogP contribution in [0.2, 0.25) is 0 Å². The first-order chi connectivity index (χ1) is 16.0. The lowest BCUT2D eigenvalue weighted by Crippen LogP contribution is -2.59. The molecule has 3 aliphatic rings. The van der Waals surface area contributed by atoms with E-state index in [1.165, 1.54) is 11.1 Å². The number of carbonyl (C=O) groups is 2. The van der Waals surface area contributed by atoms with Gasteiger partial charge in [-0.3, -0.25) is 14.5 Å². The summed E-state index contributed by atoms with van der Waals surface area (Å²) in [5, 5.41) is 1.65. The van der Waals surface area contributed by atoms with Crippen molar-refractivity contribution in [3.05, 3.63) is 65.7 Å². The number of hydrogen-bond acceptors (Lipinski definition) is 5. The van der Waals surface area contributed by atoms with Gasteiger partial charge < -0.3 is 9.80 Å². The molecular formula is C26H33N5O2. The van der Waals surface area contributed by atoms with Gasteiger partial charge in [-0.25, -0.2) is 10.4 Å². The number of amides is 2. The van der Waals surface area contributed by atoms with Gasteiger partial charge in [-0.1, -0.05) is 42.5 Å². The van der Waals surface area contributed by atoms with Crippen LogP contribution in [0.15, 0.2) is 54.6 Å². The van der Waals surface area contributed by atoms with Gasteiger partial charge in [0.05, 0.1) is 23.6 Å². The quantitative estimate of drug-likeness (QED) is 0.774. The van der Waals surface area contributed by atoms with E-state index in [1.54, 1.807) is 5.01 Å². The molecule has 0 radical (unpaired) electrons. The Kier molecular flexibility index (Phi) is 6.19. The van der Waals surface area contributed by atoms with Crippen LogP contribution in [0.1, 0.15) is 11.1 Å². The Bertz CT molecular complexity index is 1000. The van der Waals surface area contributed by atoms with Crippen LogP contribution in [0.3, 0.4) is 0 Å². The maximum Gasteiger partial charge on any atom is 0.247 e. The highest BCUT2D eigenvalue weighted by Crippen LogP contribution is 2.32. The fraction of sp³-hybridized carbons (Fsp3) is 0.462. The van der Waals surface area contributed by atoms with E-state index in [0.717, 1.165) is 38.4 Å². The van der Waals surface area contributed by atoms with Gasteiger partial charge in [-0.05, 0) is 37.2 Å². The van der Waals surface area contributed by atoms with Crippen molar-refractivity contribution in [1.29, 1.82) is 0 Å². The van der Waals surface area contributed by atoms with Gasteiger partial charge in [-0.15, -0.1) is 0 Å². The minimum atomic E-state index is -0.227. The summed E-state index contributed by atoms with van der Waals surface area (Å²) in [6, 6.07) is 18.0. The summed E-state index contributed by atoms with van der Waals surface area (Å²) >= 11 is 0. The number of fused-ring (bicyclic) bond motifs is 1. The number of aryl methyl sites for hydroxylation is 1. The molecule has 3 atom stereocenters. The maximum atomic E-state index is 13.6. The molecule has 174 valence electrons. The number of piperazine rings is 1. The Morgan fingerprint density at radius 3 is 2.39 bits per heavy atom. The summed E-state index contributed by atoms with van der Waals surface area (Å²) in [6.45, 7) is 7.64. The van der Waals surface area contributed by atoms with Gasteiger partial charge in [0.15, 0.2) is 0 Å². The molecule has 7 nitrogen and oxygen atoms in total. The molecule has 0 spiro atoms. The van der Waals surface area contributed by atoms with E-state index in [0.29, 0.717) is 13.1 Å². The van der Waals surface area contributed by atoms with E-state index in [1.807, 2.05) is 42.3 Å². The molecule has 0 saturated carbocycles. The lowest BCUT2D eigenvalue weighted by atomic mass is 9.84. The third-order valence-corrected chi connectivity index (χ3v) is 7.37. The zero-order valence-corrected chi connectivity index (χ0v) is 19.5. The van der Waals surface area contributed by atoms with Gasteiger partial charge in [0, 0.05) is 45.8 Å². The summed E-state index contributed by atoms with van der Waals surface area (Å²) in [7, 11) is 2.01. The molecule has 3 heterocycles. The van der Waals surface area contributed by atoms with E-state index in [9.17, 15) is 9.59 Å². The number of anilines is 1. The first kappa shape index (κ1) is 22.1. The van der Waals surface area contributed by atoms with E-state index < -0.39 is 0 Å². The summed E-state index contributed by atoms with van der Waals surface area (Å²) in [4.78, 5) is 33.4. The third-order valence-electron chi connectivity index (χ3n) is 7.37. The minimum Gasteiger partial charge on any atom is -0.340 e. The highest BCUT2D eigenvalue weighted by molar-refractivity contribution is 5.98. The van der Waals surface area contributed by atoms with Crippen LogP contribution in [0.25, 0.3) is 0 Å². The van der Waals surface area contributed by atoms with Crippen LogP contribution < -0.4 is 10.4 Å². The highest BCUT2D eigenvalue weighted by atomic mass is 16.2. The van der Waals surface area contributed by atoms with Gasteiger partial charge >= 0.3 is 0 Å². The van der Waals surface area contributed by atoms with Crippen molar-refractivity contribution in [2.24, 2.45) is 11.8 Å². The number of likely N-dealkylation sites (tertiary alicyclic amines) is 1. The number of hydrogen-bond donors (Lipinski definition) is 1. The Hall–Kier alpha value is -2.74. The second-order valence-corrected chi connectivity index (χ2v) is 9.63. The van der Waals surface area contributed by atoms with Crippen molar-refractivity contribution in [3.8, 4) is 0 Å². The Labute approximate surface area is 195 Å². The zero-order chi connectivity index (χ0) is 22.9. The molecule has 3 aliphatic heterocycles. The molecule has 3 saturated heterocycles. The van der Waals surface area contributed by atoms with Crippen molar-refractivity contribution in [1.82, 2.24) is 20.1 Å². The number of piperidine rings is 1. The van der Waals surface area contributed by atoms with Gasteiger partial charge in [-0.2, -0.15) is 0 Å². The average molecular weight is 448 g/mol. The predicted octanol–water partition coefficient (Wildman–Crippen LogP) is 1.74. The molecule has 0 bridgehead atoms. The number of hydrazine groups is 1. The van der Waals surface area contributed by atoms with Crippen LogP contribution in [-0.2, 0) is 16.1 Å². The first-order valence-corrected chi connectivity index (χ1v) is 11.9. The highest BCUT2D eigenvalue weighted by Gasteiger charge is 2.51. The summed E-state index contributed by atoms with van der Waals surface area (Å²) in [5.74, 6) is -0.213. The van der Waals surface area contributed by atoms with Gasteiger partial charge in [0.2, 0.25) is 11.8 Å².